The molecule has 0 atom stereocenters. The Morgan fingerprint density at radius 2 is 1.86 bits per heavy atom. The van der Waals surface area contributed by atoms with Crippen LogP contribution in [0.5, 0.6) is 0 Å². The number of hydrogen-bond acceptors (Lipinski definition) is 3. The molecule has 1 fully saturated rings. The second-order valence-electron chi connectivity index (χ2n) is 4.96. The summed E-state index contributed by atoms with van der Waals surface area (Å²) in [5.74, 6) is 0. The third-order valence-electron chi connectivity index (χ3n) is 3.14. The zero-order valence-electron chi connectivity index (χ0n) is 9.68. The Hall–Kier alpha value is 0.270. The fraction of sp³-hybridized carbons (Fsp3) is 1.00. The van der Waals surface area contributed by atoms with Crippen LogP contribution in [0.2, 0.25) is 0 Å². The van der Waals surface area contributed by atoms with Crippen LogP contribution in [-0.2, 0) is 0 Å². The first-order chi connectivity index (χ1) is 6.53. The van der Waals surface area contributed by atoms with Gasteiger partial charge in [-0.05, 0) is 45.8 Å². The van der Waals surface area contributed by atoms with Crippen LogP contribution < -0.4 is 11.1 Å². The SMILES string of the molecule is CSC(C)(C)CNC1CCC(N)CC1. The van der Waals surface area contributed by atoms with E-state index < -0.39 is 0 Å². The normalized spacial score (nSPS) is 29.1. The van der Waals surface area contributed by atoms with E-state index in [0.29, 0.717) is 16.8 Å². The Bertz CT molecular complexity index is 163. The molecule has 3 heteroatoms. The number of thioether (sulfide) groups is 1. The molecule has 3 N–H and O–H groups in total. The Labute approximate surface area is 92.4 Å². The predicted octanol–water partition coefficient (Wildman–Crippen LogP) is 1.99. The lowest BCUT2D eigenvalue weighted by atomic mass is 9.91. The Morgan fingerprint density at radius 1 is 1.29 bits per heavy atom. The molecular formula is C11H24N2S. The van der Waals surface area contributed by atoms with Crippen LogP contribution in [0.4, 0.5) is 0 Å². The van der Waals surface area contributed by atoms with Gasteiger partial charge in [0.05, 0.1) is 0 Å². The molecule has 84 valence electrons. The Morgan fingerprint density at radius 3 is 2.36 bits per heavy atom. The molecule has 1 aliphatic rings. The first kappa shape index (κ1) is 12.3. The van der Waals surface area contributed by atoms with Gasteiger partial charge in [0.25, 0.3) is 0 Å². The van der Waals surface area contributed by atoms with Crippen molar-refractivity contribution in [3.05, 3.63) is 0 Å². The van der Waals surface area contributed by atoms with E-state index in [-0.39, 0.29) is 0 Å². The zero-order chi connectivity index (χ0) is 10.6. The van der Waals surface area contributed by atoms with Gasteiger partial charge < -0.3 is 11.1 Å². The average molecular weight is 216 g/mol. The van der Waals surface area contributed by atoms with Gasteiger partial charge in [0.2, 0.25) is 0 Å². The highest BCUT2D eigenvalue weighted by molar-refractivity contribution is 7.99. The van der Waals surface area contributed by atoms with Gasteiger partial charge in [0, 0.05) is 23.4 Å². The molecule has 0 unspecified atom stereocenters. The summed E-state index contributed by atoms with van der Waals surface area (Å²) in [6, 6.07) is 1.17. The molecule has 0 saturated heterocycles. The van der Waals surface area contributed by atoms with Gasteiger partial charge >= 0.3 is 0 Å². The van der Waals surface area contributed by atoms with E-state index in [2.05, 4.69) is 25.4 Å². The maximum Gasteiger partial charge on any atom is 0.0225 e. The van der Waals surface area contributed by atoms with Crippen LogP contribution in [0.15, 0.2) is 0 Å². The maximum atomic E-state index is 5.87. The molecular weight excluding hydrogens is 192 g/mol. The van der Waals surface area contributed by atoms with E-state index in [1.807, 2.05) is 11.8 Å². The van der Waals surface area contributed by atoms with E-state index in [4.69, 9.17) is 5.73 Å². The van der Waals surface area contributed by atoms with Crippen molar-refractivity contribution in [2.45, 2.75) is 56.4 Å². The van der Waals surface area contributed by atoms with Crippen molar-refractivity contribution >= 4 is 11.8 Å². The summed E-state index contributed by atoms with van der Waals surface area (Å²) in [6.07, 6.45) is 7.07. The van der Waals surface area contributed by atoms with Crippen LogP contribution >= 0.6 is 11.8 Å². The number of hydrogen-bond donors (Lipinski definition) is 2. The van der Waals surface area contributed by atoms with E-state index in [0.717, 1.165) is 6.54 Å². The quantitative estimate of drug-likeness (QED) is 0.755. The predicted molar refractivity (Wildman–Crippen MR) is 65.8 cm³/mol. The first-order valence-electron chi connectivity index (χ1n) is 5.57. The van der Waals surface area contributed by atoms with Crippen LogP contribution in [0.1, 0.15) is 39.5 Å². The third kappa shape index (κ3) is 4.20. The van der Waals surface area contributed by atoms with Crippen molar-refractivity contribution in [1.29, 1.82) is 0 Å². The highest BCUT2D eigenvalue weighted by Gasteiger charge is 2.21. The zero-order valence-corrected chi connectivity index (χ0v) is 10.5. The van der Waals surface area contributed by atoms with Gasteiger partial charge in [-0.15, -0.1) is 0 Å². The summed E-state index contributed by atoms with van der Waals surface area (Å²) < 4.78 is 0.361. The molecule has 0 radical (unpaired) electrons. The van der Waals surface area contributed by atoms with E-state index in [1.165, 1.54) is 25.7 Å². The van der Waals surface area contributed by atoms with Crippen molar-refractivity contribution in [2.24, 2.45) is 5.73 Å². The lowest BCUT2D eigenvalue weighted by Crippen LogP contribution is -2.42. The van der Waals surface area contributed by atoms with Gasteiger partial charge in [-0.25, -0.2) is 0 Å². The topological polar surface area (TPSA) is 38.0 Å². The minimum atomic E-state index is 0.361. The van der Waals surface area contributed by atoms with Crippen LogP contribution in [-0.4, -0.2) is 29.6 Å². The summed E-state index contributed by atoms with van der Waals surface area (Å²) in [5, 5.41) is 3.66. The van der Waals surface area contributed by atoms with Crippen molar-refractivity contribution in [2.75, 3.05) is 12.8 Å². The number of nitrogens with two attached hydrogens (primary N) is 1. The second kappa shape index (κ2) is 5.38. The Balaban J connectivity index is 2.19. The summed E-state index contributed by atoms with van der Waals surface area (Å²) in [5.41, 5.74) is 5.87. The molecule has 0 amide bonds. The number of rotatable bonds is 4. The van der Waals surface area contributed by atoms with Gasteiger partial charge in [-0.2, -0.15) is 11.8 Å². The van der Waals surface area contributed by atoms with Crippen LogP contribution in [0.3, 0.4) is 0 Å². The molecule has 1 aliphatic carbocycles. The maximum absolute atomic E-state index is 5.87. The molecule has 0 heterocycles. The van der Waals surface area contributed by atoms with Crippen LogP contribution in [0, 0.1) is 0 Å². The van der Waals surface area contributed by atoms with Gasteiger partial charge in [0.1, 0.15) is 0 Å². The van der Waals surface area contributed by atoms with Gasteiger partial charge in [-0.3, -0.25) is 0 Å². The lowest BCUT2D eigenvalue weighted by molar-refractivity contribution is 0.337. The summed E-state index contributed by atoms with van der Waals surface area (Å²) in [4.78, 5) is 0. The van der Waals surface area contributed by atoms with Gasteiger partial charge in [-0.1, -0.05) is 0 Å². The van der Waals surface area contributed by atoms with Gasteiger partial charge in [0.15, 0.2) is 0 Å². The molecule has 0 aliphatic heterocycles. The highest BCUT2D eigenvalue weighted by Crippen LogP contribution is 2.22. The molecule has 0 aromatic rings. The smallest absolute Gasteiger partial charge is 0.0225 e. The van der Waals surface area contributed by atoms with Crippen molar-refractivity contribution < 1.29 is 0 Å². The summed E-state index contributed by atoms with van der Waals surface area (Å²) in [6.45, 7) is 5.69. The minimum Gasteiger partial charge on any atom is -0.328 e. The number of nitrogens with one attached hydrogen (secondary N) is 1. The lowest BCUT2D eigenvalue weighted by Gasteiger charge is -2.30. The largest absolute Gasteiger partial charge is 0.328 e. The monoisotopic (exact) mass is 216 g/mol. The summed E-state index contributed by atoms with van der Waals surface area (Å²) >= 11 is 1.93. The second-order valence-corrected chi connectivity index (χ2v) is 6.47. The highest BCUT2D eigenvalue weighted by atomic mass is 32.2. The van der Waals surface area contributed by atoms with E-state index >= 15 is 0 Å². The standard InChI is InChI=1S/C11H24N2S/c1-11(2,14-3)8-13-10-6-4-9(12)5-7-10/h9-10,13H,4-8,12H2,1-3H3. The van der Waals surface area contributed by atoms with E-state index in [9.17, 15) is 0 Å². The molecule has 14 heavy (non-hydrogen) atoms. The van der Waals surface area contributed by atoms with E-state index in [1.54, 1.807) is 0 Å². The molecule has 1 rings (SSSR count). The third-order valence-corrected chi connectivity index (χ3v) is 4.39. The Kier molecular flexibility index (Phi) is 4.74. The molecule has 0 bridgehead atoms. The fourth-order valence-electron chi connectivity index (χ4n) is 1.79. The first-order valence-corrected chi connectivity index (χ1v) is 6.80. The average Bonchev–Trinajstić information content (AvgIpc) is 2.17. The summed E-state index contributed by atoms with van der Waals surface area (Å²) in [7, 11) is 0. The van der Waals surface area contributed by atoms with Crippen LogP contribution in [0.25, 0.3) is 0 Å². The van der Waals surface area contributed by atoms with Crippen molar-refractivity contribution in [3.63, 3.8) is 0 Å². The molecule has 0 spiro atoms. The molecule has 2 nitrogen and oxygen atoms in total. The molecule has 1 saturated carbocycles. The minimum absolute atomic E-state index is 0.361. The molecule has 0 aromatic heterocycles. The van der Waals surface area contributed by atoms with Crippen molar-refractivity contribution in [3.8, 4) is 0 Å². The van der Waals surface area contributed by atoms with Crippen molar-refractivity contribution in [1.82, 2.24) is 5.32 Å². The fourth-order valence-corrected chi connectivity index (χ4v) is 2.01. The molecule has 0 aromatic carbocycles.